The van der Waals surface area contributed by atoms with Crippen molar-refractivity contribution in [2.24, 2.45) is 5.92 Å². The number of benzene rings is 1. The molecule has 0 aromatic heterocycles. The SMILES string of the molecule is CNc1ccccc1C(=O)N1CCCC2CCCC21. The fourth-order valence-electron chi connectivity index (χ4n) is 3.75. The van der Waals surface area contributed by atoms with Gasteiger partial charge in [-0.05, 0) is 43.7 Å². The first kappa shape index (κ1) is 12.5. The van der Waals surface area contributed by atoms with Crippen molar-refractivity contribution in [2.75, 3.05) is 18.9 Å². The number of piperidine rings is 1. The zero-order valence-electron chi connectivity index (χ0n) is 11.6. The summed E-state index contributed by atoms with van der Waals surface area (Å²) in [6.45, 7) is 0.929. The van der Waals surface area contributed by atoms with Crippen molar-refractivity contribution in [3.63, 3.8) is 0 Å². The molecule has 2 unspecified atom stereocenters. The van der Waals surface area contributed by atoms with Crippen molar-refractivity contribution in [3.05, 3.63) is 29.8 Å². The molecule has 1 saturated heterocycles. The molecule has 1 aromatic carbocycles. The third-order valence-corrected chi connectivity index (χ3v) is 4.68. The molecule has 2 aliphatic rings. The summed E-state index contributed by atoms with van der Waals surface area (Å²) in [7, 11) is 1.88. The molecule has 1 heterocycles. The van der Waals surface area contributed by atoms with Gasteiger partial charge in [-0.2, -0.15) is 0 Å². The summed E-state index contributed by atoms with van der Waals surface area (Å²) < 4.78 is 0. The monoisotopic (exact) mass is 258 g/mol. The van der Waals surface area contributed by atoms with Crippen molar-refractivity contribution in [2.45, 2.75) is 38.1 Å². The fraction of sp³-hybridized carbons (Fsp3) is 0.562. The molecule has 0 radical (unpaired) electrons. The van der Waals surface area contributed by atoms with Gasteiger partial charge in [-0.25, -0.2) is 0 Å². The number of carbonyl (C=O) groups is 1. The van der Waals surface area contributed by atoms with Crippen molar-refractivity contribution >= 4 is 11.6 Å². The van der Waals surface area contributed by atoms with Gasteiger partial charge in [0.15, 0.2) is 0 Å². The van der Waals surface area contributed by atoms with E-state index >= 15 is 0 Å². The van der Waals surface area contributed by atoms with Crippen molar-refractivity contribution in [1.82, 2.24) is 4.90 Å². The van der Waals surface area contributed by atoms with Gasteiger partial charge in [-0.1, -0.05) is 18.6 Å². The highest BCUT2D eigenvalue weighted by molar-refractivity contribution is 5.99. The maximum atomic E-state index is 12.8. The van der Waals surface area contributed by atoms with E-state index in [-0.39, 0.29) is 5.91 Å². The van der Waals surface area contributed by atoms with Crippen LogP contribution in [0, 0.1) is 5.92 Å². The number of amides is 1. The lowest BCUT2D eigenvalue weighted by Crippen LogP contribution is -2.46. The van der Waals surface area contributed by atoms with Crippen LogP contribution in [-0.2, 0) is 0 Å². The lowest BCUT2D eigenvalue weighted by Gasteiger charge is -2.38. The molecule has 102 valence electrons. The van der Waals surface area contributed by atoms with E-state index in [9.17, 15) is 4.79 Å². The van der Waals surface area contributed by atoms with E-state index in [4.69, 9.17) is 0 Å². The second-order valence-corrected chi connectivity index (χ2v) is 5.69. The van der Waals surface area contributed by atoms with Crippen molar-refractivity contribution in [3.8, 4) is 0 Å². The molecule has 0 bridgehead atoms. The summed E-state index contributed by atoms with van der Waals surface area (Å²) in [5.41, 5.74) is 1.75. The Morgan fingerprint density at radius 1 is 1.21 bits per heavy atom. The van der Waals surface area contributed by atoms with Gasteiger partial charge in [0.25, 0.3) is 5.91 Å². The third kappa shape index (κ3) is 2.22. The first-order valence-corrected chi connectivity index (χ1v) is 7.39. The molecular weight excluding hydrogens is 236 g/mol. The first-order chi connectivity index (χ1) is 9.31. The Hall–Kier alpha value is -1.51. The van der Waals surface area contributed by atoms with E-state index in [1.165, 1.54) is 25.7 Å². The van der Waals surface area contributed by atoms with E-state index in [2.05, 4.69) is 10.2 Å². The summed E-state index contributed by atoms with van der Waals surface area (Å²) in [6.07, 6.45) is 6.25. The maximum Gasteiger partial charge on any atom is 0.256 e. The van der Waals surface area contributed by atoms with Crippen LogP contribution in [0.5, 0.6) is 0 Å². The summed E-state index contributed by atoms with van der Waals surface area (Å²) in [4.78, 5) is 14.9. The number of hydrogen-bond donors (Lipinski definition) is 1. The Morgan fingerprint density at radius 3 is 2.84 bits per heavy atom. The number of para-hydroxylation sites is 1. The highest BCUT2D eigenvalue weighted by Crippen LogP contribution is 2.37. The summed E-state index contributed by atoms with van der Waals surface area (Å²) in [5.74, 6) is 0.959. The number of fused-ring (bicyclic) bond motifs is 1. The molecular formula is C16H22N2O. The smallest absolute Gasteiger partial charge is 0.256 e. The van der Waals surface area contributed by atoms with E-state index < -0.39 is 0 Å². The number of nitrogens with zero attached hydrogens (tertiary/aromatic N) is 1. The molecule has 19 heavy (non-hydrogen) atoms. The van der Waals surface area contributed by atoms with Gasteiger partial charge < -0.3 is 10.2 Å². The van der Waals surface area contributed by atoms with Crippen molar-refractivity contribution in [1.29, 1.82) is 0 Å². The zero-order valence-corrected chi connectivity index (χ0v) is 11.6. The number of likely N-dealkylation sites (tertiary alicyclic amines) is 1. The molecule has 3 rings (SSSR count). The molecule has 2 fully saturated rings. The predicted molar refractivity (Wildman–Crippen MR) is 77.4 cm³/mol. The Morgan fingerprint density at radius 2 is 2.00 bits per heavy atom. The Kier molecular flexibility index (Phi) is 3.45. The van der Waals surface area contributed by atoms with Crippen LogP contribution in [0.1, 0.15) is 42.5 Å². The van der Waals surface area contributed by atoms with Gasteiger partial charge in [0, 0.05) is 25.3 Å². The van der Waals surface area contributed by atoms with Crippen LogP contribution < -0.4 is 5.32 Å². The molecule has 1 saturated carbocycles. The maximum absolute atomic E-state index is 12.8. The summed E-state index contributed by atoms with van der Waals surface area (Å²) in [5, 5.41) is 3.13. The number of carbonyl (C=O) groups excluding carboxylic acids is 1. The molecule has 1 aliphatic carbocycles. The van der Waals surface area contributed by atoms with Gasteiger partial charge in [-0.15, -0.1) is 0 Å². The van der Waals surface area contributed by atoms with Crippen LogP contribution in [0.25, 0.3) is 0 Å². The van der Waals surface area contributed by atoms with Gasteiger partial charge in [0.05, 0.1) is 5.56 Å². The Labute approximate surface area is 115 Å². The van der Waals surface area contributed by atoms with Crippen LogP contribution in [0.15, 0.2) is 24.3 Å². The summed E-state index contributed by atoms with van der Waals surface area (Å²) in [6, 6.07) is 8.32. The lowest BCUT2D eigenvalue weighted by molar-refractivity contribution is 0.0549. The number of rotatable bonds is 2. The third-order valence-electron chi connectivity index (χ3n) is 4.68. The number of nitrogens with one attached hydrogen (secondary N) is 1. The average molecular weight is 258 g/mol. The minimum atomic E-state index is 0.210. The molecule has 1 aromatic rings. The van der Waals surface area contributed by atoms with E-state index in [0.29, 0.717) is 6.04 Å². The van der Waals surface area contributed by atoms with Gasteiger partial charge in [-0.3, -0.25) is 4.79 Å². The lowest BCUT2D eigenvalue weighted by atomic mass is 9.91. The first-order valence-electron chi connectivity index (χ1n) is 7.39. The number of hydrogen-bond acceptors (Lipinski definition) is 2. The van der Waals surface area contributed by atoms with Gasteiger partial charge in [0.1, 0.15) is 0 Å². The van der Waals surface area contributed by atoms with Gasteiger partial charge >= 0.3 is 0 Å². The van der Waals surface area contributed by atoms with Crippen LogP contribution in [-0.4, -0.2) is 30.4 Å². The van der Waals surface area contributed by atoms with Crippen LogP contribution in [0.3, 0.4) is 0 Å². The van der Waals surface area contributed by atoms with E-state index in [1.807, 2.05) is 31.3 Å². The largest absolute Gasteiger partial charge is 0.387 e. The van der Waals surface area contributed by atoms with Crippen LogP contribution in [0.2, 0.25) is 0 Å². The molecule has 3 nitrogen and oxygen atoms in total. The number of anilines is 1. The molecule has 1 aliphatic heterocycles. The minimum Gasteiger partial charge on any atom is -0.387 e. The highest BCUT2D eigenvalue weighted by Gasteiger charge is 2.37. The quantitative estimate of drug-likeness (QED) is 0.884. The van der Waals surface area contributed by atoms with E-state index in [1.54, 1.807) is 0 Å². The highest BCUT2D eigenvalue weighted by atomic mass is 16.2. The zero-order chi connectivity index (χ0) is 13.2. The average Bonchev–Trinajstić information content (AvgIpc) is 2.94. The minimum absolute atomic E-state index is 0.210. The van der Waals surface area contributed by atoms with Gasteiger partial charge in [0.2, 0.25) is 0 Å². The molecule has 2 atom stereocenters. The molecule has 3 heteroatoms. The van der Waals surface area contributed by atoms with Crippen LogP contribution >= 0.6 is 0 Å². The molecule has 0 spiro atoms. The Balaban J connectivity index is 1.86. The molecule has 1 N–H and O–H groups in total. The van der Waals surface area contributed by atoms with Crippen LogP contribution in [0.4, 0.5) is 5.69 Å². The summed E-state index contributed by atoms with van der Waals surface area (Å²) >= 11 is 0. The second-order valence-electron chi connectivity index (χ2n) is 5.69. The fourth-order valence-corrected chi connectivity index (χ4v) is 3.75. The van der Waals surface area contributed by atoms with Crippen molar-refractivity contribution < 1.29 is 4.79 Å². The normalized spacial score (nSPS) is 26.1. The van der Waals surface area contributed by atoms with E-state index in [0.717, 1.165) is 30.1 Å². The topological polar surface area (TPSA) is 32.3 Å². The predicted octanol–water partition coefficient (Wildman–Crippen LogP) is 3.13. The molecule has 1 amide bonds. The second kappa shape index (κ2) is 5.24. The Bertz CT molecular complexity index is 472. The standard InChI is InChI=1S/C16H22N2O/c1-17-14-9-3-2-8-13(14)16(19)18-11-5-7-12-6-4-10-15(12)18/h2-3,8-9,12,15,17H,4-7,10-11H2,1H3.